The standard InChI is InChI=1S/C19H21N3OS.C2HF3O2/c1-19(11-17(23)22(2)18(20)21-19)15-10-14(15)12-5-3-6-13(9-12)16-7-4-8-24-16;3-2(4,5)1(6)7/h3-9,14-15H,10-11H2,1-2H3,(H2,20,21);(H,6,7)/t14-,15+,19-;/m0./s1. The van der Waals surface area contributed by atoms with Crippen molar-refractivity contribution in [2.24, 2.45) is 16.6 Å². The van der Waals surface area contributed by atoms with Crippen LogP contribution in [0.1, 0.15) is 31.2 Å². The number of carbonyl (C=O) groups excluding carboxylic acids is 1. The van der Waals surface area contributed by atoms with Crippen molar-refractivity contribution < 1.29 is 27.9 Å². The summed E-state index contributed by atoms with van der Waals surface area (Å²) >= 11 is 1.76. The number of hydrogen-bond donors (Lipinski definition) is 2. The number of aliphatic imine (C=N–C) groups is 1. The number of carbonyl (C=O) groups is 2. The number of benzene rings is 1. The number of carboxylic acids is 1. The number of nitrogens with two attached hydrogens (primary N) is 1. The maximum absolute atomic E-state index is 12.2. The van der Waals surface area contributed by atoms with E-state index >= 15 is 0 Å². The highest BCUT2D eigenvalue weighted by molar-refractivity contribution is 7.13. The summed E-state index contributed by atoms with van der Waals surface area (Å²) in [4.78, 5) is 28.5. The fraction of sp³-hybridized carbons (Fsp3) is 0.381. The molecule has 4 rings (SSSR count). The van der Waals surface area contributed by atoms with E-state index in [1.54, 1.807) is 18.4 Å². The Hall–Kier alpha value is -2.88. The Kier molecular flexibility index (Phi) is 6.13. The molecule has 2 aromatic rings. The average Bonchev–Trinajstić information content (AvgIpc) is 3.33. The summed E-state index contributed by atoms with van der Waals surface area (Å²) in [6.07, 6.45) is -3.58. The first-order valence-corrected chi connectivity index (χ1v) is 10.4. The van der Waals surface area contributed by atoms with Crippen LogP contribution in [0.15, 0.2) is 46.8 Å². The molecule has 0 radical (unpaired) electrons. The molecule has 6 nitrogen and oxygen atoms in total. The zero-order valence-corrected chi connectivity index (χ0v) is 17.7. The van der Waals surface area contributed by atoms with Crippen molar-refractivity contribution in [3.63, 3.8) is 0 Å². The second kappa shape index (κ2) is 8.33. The van der Waals surface area contributed by atoms with Crippen molar-refractivity contribution in [3.05, 3.63) is 47.3 Å². The predicted molar refractivity (Wildman–Crippen MR) is 112 cm³/mol. The molecule has 1 saturated carbocycles. The third-order valence-electron chi connectivity index (χ3n) is 5.55. The number of amides is 1. The number of aliphatic carboxylic acids is 1. The van der Waals surface area contributed by atoms with Crippen LogP contribution in [0.25, 0.3) is 10.4 Å². The molecule has 3 atom stereocenters. The number of thiophene rings is 1. The zero-order valence-electron chi connectivity index (χ0n) is 16.9. The Labute approximate surface area is 181 Å². The summed E-state index contributed by atoms with van der Waals surface area (Å²) in [6, 6.07) is 13.0. The van der Waals surface area contributed by atoms with E-state index in [9.17, 15) is 18.0 Å². The molecule has 0 spiro atoms. The maximum atomic E-state index is 12.2. The molecule has 1 amide bonds. The first kappa shape index (κ1) is 22.8. The van der Waals surface area contributed by atoms with Gasteiger partial charge in [0.2, 0.25) is 5.91 Å². The number of hydrogen-bond acceptors (Lipinski definition) is 5. The summed E-state index contributed by atoms with van der Waals surface area (Å²) in [5.74, 6) is -1.52. The van der Waals surface area contributed by atoms with Crippen LogP contribution in [0.5, 0.6) is 0 Å². The minimum absolute atomic E-state index is 0.0583. The summed E-state index contributed by atoms with van der Waals surface area (Å²) in [5, 5.41) is 9.23. The lowest BCUT2D eigenvalue weighted by molar-refractivity contribution is -0.192. The number of alkyl halides is 3. The van der Waals surface area contributed by atoms with Crippen LogP contribution >= 0.6 is 11.3 Å². The predicted octanol–water partition coefficient (Wildman–Crippen LogP) is 4.09. The van der Waals surface area contributed by atoms with Crippen LogP contribution < -0.4 is 5.73 Å². The van der Waals surface area contributed by atoms with Crippen LogP contribution in [0, 0.1) is 5.92 Å². The van der Waals surface area contributed by atoms with E-state index in [0.717, 1.165) is 6.42 Å². The molecule has 31 heavy (non-hydrogen) atoms. The van der Waals surface area contributed by atoms with Gasteiger partial charge in [0.1, 0.15) is 0 Å². The molecule has 1 aromatic carbocycles. The van der Waals surface area contributed by atoms with Gasteiger partial charge in [-0.1, -0.05) is 30.3 Å². The summed E-state index contributed by atoms with van der Waals surface area (Å²) < 4.78 is 31.7. The molecule has 0 unspecified atom stereocenters. The molecule has 3 N–H and O–H groups in total. The van der Waals surface area contributed by atoms with Gasteiger partial charge in [-0.25, -0.2) is 9.79 Å². The normalized spacial score (nSPS) is 25.4. The Balaban J connectivity index is 0.000000339. The SMILES string of the molecule is CN1C(=O)C[C@@](C)([C@@H]2C[C@H]2c2cccc(-c3cccs3)c2)N=C1N.O=C(O)C(F)(F)F. The molecule has 2 heterocycles. The molecule has 10 heteroatoms. The second-order valence-electron chi connectivity index (χ2n) is 7.81. The maximum Gasteiger partial charge on any atom is 0.490 e. The Morgan fingerprint density at radius 2 is 2.00 bits per heavy atom. The largest absolute Gasteiger partial charge is 0.490 e. The number of carboxylic acid groups (broad SMARTS) is 1. The van der Waals surface area contributed by atoms with Crippen molar-refractivity contribution >= 4 is 29.2 Å². The lowest BCUT2D eigenvalue weighted by atomic mass is 9.88. The smallest absolute Gasteiger partial charge is 0.475 e. The summed E-state index contributed by atoms with van der Waals surface area (Å²) in [6.45, 7) is 2.07. The lowest BCUT2D eigenvalue weighted by Crippen LogP contribution is -2.49. The molecule has 1 fully saturated rings. The second-order valence-corrected chi connectivity index (χ2v) is 8.76. The average molecular weight is 453 g/mol. The van der Waals surface area contributed by atoms with Crippen LogP contribution in [-0.2, 0) is 9.59 Å². The number of rotatable bonds is 3. The van der Waals surface area contributed by atoms with E-state index in [0.29, 0.717) is 24.2 Å². The third kappa shape index (κ3) is 5.07. The Bertz CT molecular complexity index is 1010. The molecular formula is C21H22F3N3O3S. The van der Waals surface area contributed by atoms with E-state index in [2.05, 4.69) is 53.7 Å². The molecule has 0 saturated heterocycles. The number of halogens is 3. The van der Waals surface area contributed by atoms with Gasteiger partial charge in [-0.3, -0.25) is 9.69 Å². The molecular weight excluding hydrogens is 431 g/mol. The molecule has 1 aromatic heterocycles. The lowest BCUT2D eigenvalue weighted by Gasteiger charge is -2.33. The van der Waals surface area contributed by atoms with E-state index in [4.69, 9.17) is 15.6 Å². The third-order valence-corrected chi connectivity index (χ3v) is 6.47. The number of nitrogens with zero attached hydrogens (tertiary/aromatic N) is 2. The van der Waals surface area contributed by atoms with E-state index in [1.165, 1.54) is 20.9 Å². The summed E-state index contributed by atoms with van der Waals surface area (Å²) in [5.41, 5.74) is 8.17. The topological polar surface area (TPSA) is 96.0 Å². The zero-order chi connectivity index (χ0) is 23.0. The van der Waals surface area contributed by atoms with Crippen molar-refractivity contribution in [3.8, 4) is 10.4 Å². The van der Waals surface area contributed by atoms with Gasteiger partial charge in [-0.15, -0.1) is 11.3 Å². The van der Waals surface area contributed by atoms with Crippen LogP contribution in [0.2, 0.25) is 0 Å². The van der Waals surface area contributed by atoms with Gasteiger partial charge in [-0.2, -0.15) is 13.2 Å². The minimum atomic E-state index is -5.08. The first-order chi connectivity index (χ1) is 14.4. The highest BCUT2D eigenvalue weighted by atomic mass is 32.1. The Morgan fingerprint density at radius 3 is 2.55 bits per heavy atom. The quantitative estimate of drug-likeness (QED) is 0.732. The van der Waals surface area contributed by atoms with E-state index in [-0.39, 0.29) is 11.4 Å². The van der Waals surface area contributed by atoms with Gasteiger partial charge in [0.05, 0.1) is 12.0 Å². The molecule has 166 valence electrons. The van der Waals surface area contributed by atoms with Gasteiger partial charge in [0.15, 0.2) is 5.96 Å². The van der Waals surface area contributed by atoms with Gasteiger partial charge in [0.25, 0.3) is 0 Å². The van der Waals surface area contributed by atoms with Crippen molar-refractivity contribution in [1.29, 1.82) is 0 Å². The van der Waals surface area contributed by atoms with E-state index < -0.39 is 12.1 Å². The van der Waals surface area contributed by atoms with Crippen molar-refractivity contribution in [1.82, 2.24) is 4.90 Å². The molecule has 1 aliphatic heterocycles. The van der Waals surface area contributed by atoms with Crippen LogP contribution in [-0.4, -0.2) is 46.6 Å². The highest BCUT2D eigenvalue weighted by Gasteiger charge is 2.53. The first-order valence-electron chi connectivity index (χ1n) is 9.48. The fourth-order valence-electron chi connectivity index (χ4n) is 3.76. The highest BCUT2D eigenvalue weighted by Crippen LogP contribution is 2.56. The Morgan fingerprint density at radius 1 is 1.32 bits per heavy atom. The minimum Gasteiger partial charge on any atom is -0.475 e. The summed E-state index contributed by atoms with van der Waals surface area (Å²) in [7, 11) is 1.69. The van der Waals surface area contributed by atoms with Gasteiger partial charge in [-0.05, 0) is 47.8 Å². The van der Waals surface area contributed by atoms with Gasteiger partial charge >= 0.3 is 12.1 Å². The van der Waals surface area contributed by atoms with Crippen molar-refractivity contribution in [2.45, 2.75) is 37.4 Å². The fourth-order valence-corrected chi connectivity index (χ4v) is 4.48. The molecule has 1 aliphatic carbocycles. The monoisotopic (exact) mass is 453 g/mol. The van der Waals surface area contributed by atoms with E-state index in [1.807, 2.05) is 0 Å². The number of guanidine groups is 1. The molecule has 0 bridgehead atoms. The van der Waals surface area contributed by atoms with Crippen LogP contribution in [0.3, 0.4) is 0 Å². The van der Waals surface area contributed by atoms with Gasteiger partial charge in [0, 0.05) is 11.9 Å². The van der Waals surface area contributed by atoms with Crippen LogP contribution in [0.4, 0.5) is 13.2 Å². The van der Waals surface area contributed by atoms with Crippen molar-refractivity contribution in [2.75, 3.05) is 7.05 Å². The van der Waals surface area contributed by atoms with Gasteiger partial charge < -0.3 is 10.8 Å². The molecule has 2 aliphatic rings.